The van der Waals surface area contributed by atoms with Crippen molar-refractivity contribution in [2.24, 2.45) is 0 Å². The highest BCUT2D eigenvalue weighted by Crippen LogP contribution is 2.38. The average molecular weight is 372 g/mol. The highest BCUT2D eigenvalue weighted by Gasteiger charge is 2.46. The van der Waals surface area contributed by atoms with Crippen molar-refractivity contribution in [3.63, 3.8) is 0 Å². The minimum absolute atomic E-state index is 0.0438. The summed E-state index contributed by atoms with van der Waals surface area (Å²) in [5.74, 6) is -2.24. The first kappa shape index (κ1) is 17.0. The molecule has 3 aromatic carbocycles. The molecule has 1 heterocycles. The predicted octanol–water partition coefficient (Wildman–Crippen LogP) is 5.14. The van der Waals surface area contributed by atoms with Crippen molar-refractivity contribution in [2.75, 3.05) is 0 Å². The third kappa shape index (κ3) is 2.76. The largest absolute Gasteiger partial charge is 0.419 e. The van der Waals surface area contributed by atoms with Gasteiger partial charge in [0, 0.05) is 12.8 Å². The van der Waals surface area contributed by atoms with Crippen molar-refractivity contribution in [2.45, 2.75) is 37.9 Å². The third-order valence-corrected chi connectivity index (χ3v) is 5.71. The molecule has 5 rings (SSSR count). The lowest BCUT2D eigenvalue weighted by Gasteiger charge is -2.38. The molecule has 28 heavy (non-hydrogen) atoms. The van der Waals surface area contributed by atoms with Gasteiger partial charge in [-0.2, -0.15) is 0 Å². The van der Waals surface area contributed by atoms with Crippen molar-refractivity contribution < 1.29 is 19.1 Å². The van der Waals surface area contributed by atoms with E-state index in [1.165, 1.54) is 0 Å². The summed E-state index contributed by atoms with van der Waals surface area (Å²) in [6.07, 6.45) is 5.65. The molecule has 0 aromatic heterocycles. The van der Waals surface area contributed by atoms with Gasteiger partial charge in [-0.25, -0.2) is 9.59 Å². The first-order valence-corrected chi connectivity index (χ1v) is 9.74. The summed E-state index contributed by atoms with van der Waals surface area (Å²) in [5.41, 5.74) is 0.787. The maximum Gasteiger partial charge on any atom is 0.348 e. The topological polar surface area (TPSA) is 52.6 Å². The molecule has 0 atom stereocenters. The molecule has 0 N–H and O–H groups in total. The van der Waals surface area contributed by atoms with Crippen LogP contribution in [0, 0.1) is 0 Å². The third-order valence-electron chi connectivity index (χ3n) is 5.71. The molecule has 0 bridgehead atoms. The molecule has 3 aromatic rings. The van der Waals surface area contributed by atoms with Crippen molar-refractivity contribution in [1.29, 1.82) is 0 Å². The summed E-state index contributed by atoms with van der Waals surface area (Å²) >= 11 is 0. The Hall–Kier alpha value is -3.14. The molecule has 1 saturated carbocycles. The molecule has 2 fully saturated rings. The van der Waals surface area contributed by atoms with Crippen LogP contribution in [0.2, 0.25) is 0 Å². The normalized spacial score (nSPS) is 18.9. The van der Waals surface area contributed by atoms with E-state index in [2.05, 4.69) is 6.07 Å². The maximum absolute atomic E-state index is 12.8. The number of carbonyl (C=O) groups excluding carboxylic acids is 2. The second-order valence-corrected chi connectivity index (χ2v) is 7.54. The van der Waals surface area contributed by atoms with E-state index in [-0.39, 0.29) is 5.57 Å². The fourth-order valence-electron chi connectivity index (χ4n) is 4.31. The molecular weight excluding hydrogens is 352 g/mol. The van der Waals surface area contributed by atoms with Crippen LogP contribution in [0.15, 0.2) is 60.2 Å². The monoisotopic (exact) mass is 372 g/mol. The van der Waals surface area contributed by atoms with Gasteiger partial charge < -0.3 is 9.47 Å². The van der Waals surface area contributed by atoms with Crippen LogP contribution in [0.3, 0.4) is 0 Å². The lowest BCUT2D eigenvalue weighted by Crippen LogP contribution is -2.47. The van der Waals surface area contributed by atoms with Gasteiger partial charge >= 0.3 is 11.9 Å². The molecule has 2 aliphatic rings. The number of esters is 2. The Labute approximate surface area is 162 Å². The molecule has 140 valence electrons. The van der Waals surface area contributed by atoms with Crippen LogP contribution in [0.5, 0.6) is 0 Å². The zero-order valence-corrected chi connectivity index (χ0v) is 15.4. The quantitative estimate of drug-likeness (QED) is 0.257. The molecule has 0 unspecified atom stereocenters. The van der Waals surface area contributed by atoms with Crippen LogP contribution in [0.25, 0.3) is 27.6 Å². The van der Waals surface area contributed by atoms with Gasteiger partial charge in [-0.05, 0) is 52.1 Å². The molecule has 0 radical (unpaired) electrons. The van der Waals surface area contributed by atoms with E-state index in [1.807, 2.05) is 48.5 Å². The molecule has 1 aliphatic heterocycles. The Balaban J connectivity index is 1.65. The van der Waals surface area contributed by atoms with Gasteiger partial charge in [-0.1, -0.05) is 55.0 Å². The Morgan fingerprint density at radius 3 is 1.86 bits per heavy atom. The van der Waals surface area contributed by atoms with E-state index in [0.29, 0.717) is 12.8 Å². The number of hydrogen-bond donors (Lipinski definition) is 0. The van der Waals surface area contributed by atoms with Crippen LogP contribution >= 0.6 is 0 Å². The van der Waals surface area contributed by atoms with Gasteiger partial charge in [0.15, 0.2) is 0 Å². The van der Waals surface area contributed by atoms with Crippen LogP contribution in [0.1, 0.15) is 37.7 Å². The molecule has 4 nitrogen and oxygen atoms in total. The Morgan fingerprint density at radius 2 is 1.29 bits per heavy atom. The van der Waals surface area contributed by atoms with Crippen LogP contribution in [-0.2, 0) is 19.1 Å². The van der Waals surface area contributed by atoms with Crippen molar-refractivity contribution >= 4 is 39.6 Å². The standard InChI is InChI=1S/C24H20O4/c25-22-21(23(26)28-24(27-22)12-6-1-7-13-24)15-20-18-10-4-2-8-16(18)14-17-9-3-5-11-19(17)20/h2-5,8-11,14-15H,1,6-7,12-13H2. The Bertz CT molecular complexity index is 1060. The SMILES string of the molecule is O=C1OC2(CCCCC2)OC(=O)C1=Cc1c2ccccc2cc2ccccc12. The van der Waals surface area contributed by atoms with Gasteiger partial charge in [0.2, 0.25) is 0 Å². The van der Waals surface area contributed by atoms with E-state index in [1.54, 1.807) is 6.08 Å². The molecular formula is C24H20O4. The lowest BCUT2D eigenvalue weighted by atomic mass is 9.92. The highest BCUT2D eigenvalue weighted by molar-refractivity contribution is 6.21. The van der Waals surface area contributed by atoms with Gasteiger partial charge in [0.05, 0.1) is 0 Å². The fraction of sp³-hybridized carbons (Fsp3) is 0.250. The predicted molar refractivity (Wildman–Crippen MR) is 107 cm³/mol. The van der Waals surface area contributed by atoms with Crippen molar-refractivity contribution in [3.8, 4) is 0 Å². The average Bonchev–Trinajstić information content (AvgIpc) is 2.70. The number of carbonyl (C=O) groups is 2. The Morgan fingerprint density at radius 1 is 0.750 bits per heavy atom. The first-order valence-electron chi connectivity index (χ1n) is 9.74. The molecule has 1 aliphatic carbocycles. The number of fused-ring (bicyclic) bond motifs is 2. The maximum atomic E-state index is 12.8. The van der Waals surface area contributed by atoms with Gasteiger partial charge in [0.25, 0.3) is 5.79 Å². The molecule has 4 heteroatoms. The summed E-state index contributed by atoms with van der Waals surface area (Å²) < 4.78 is 11.3. The Kier molecular flexibility index (Phi) is 3.93. The second-order valence-electron chi connectivity index (χ2n) is 7.54. The summed E-state index contributed by atoms with van der Waals surface area (Å²) in [4.78, 5) is 25.5. The molecule has 0 amide bonds. The van der Waals surface area contributed by atoms with Gasteiger partial charge in [-0.3, -0.25) is 0 Å². The van der Waals surface area contributed by atoms with Gasteiger partial charge in [-0.15, -0.1) is 0 Å². The van der Waals surface area contributed by atoms with Crippen LogP contribution in [0.4, 0.5) is 0 Å². The summed E-state index contributed by atoms with van der Waals surface area (Å²) in [5, 5.41) is 4.06. The smallest absolute Gasteiger partial charge is 0.348 e. The van der Waals surface area contributed by atoms with E-state index in [4.69, 9.17) is 9.47 Å². The van der Waals surface area contributed by atoms with E-state index < -0.39 is 17.7 Å². The van der Waals surface area contributed by atoms with Crippen molar-refractivity contribution in [1.82, 2.24) is 0 Å². The second kappa shape index (κ2) is 6.48. The summed E-state index contributed by atoms with van der Waals surface area (Å²) in [7, 11) is 0. The summed E-state index contributed by atoms with van der Waals surface area (Å²) in [6.45, 7) is 0. The van der Waals surface area contributed by atoms with Crippen molar-refractivity contribution in [3.05, 3.63) is 65.7 Å². The first-order chi connectivity index (χ1) is 13.7. The zero-order chi connectivity index (χ0) is 19.1. The van der Waals surface area contributed by atoms with E-state index >= 15 is 0 Å². The van der Waals surface area contributed by atoms with Crippen LogP contribution < -0.4 is 0 Å². The number of ether oxygens (including phenoxy) is 2. The number of benzene rings is 3. The summed E-state index contributed by atoms with van der Waals surface area (Å²) in [6, 6.07) is 18.0. The zero-order valence-electron chi connectivity index (χ0n) is 15.4. The molecule has 1 spiro atoms. The van der Waals surface area contributed by atoms with Gasteiger partial charge in [0.1, 0.15) is 5.57 Å². The highest BCUT2D eigenvalue weighted by atomic mass is 16.7. The van der Waals surface area contributed by atoms with E-state index in [9.17, 15) is 9.59 Å². The van der Waals surface area contributed by atoms with Crippen LogP contribution in [-0.4, -0.2) is 17.7 Å². The lowest BCUT2D eigenvalue weighted by molar-refractivity contribution is -0.244. The van der Waals surface area contributed by atoms with E-state index in [0.717, 1.165) is 46.4 Å². The fourth-order valence-corrected chi connectivity index (χ4v) is 4.31. The number of rotatable bonds is 1. The minimum Gasteiger partial charge on any atom is -0.419 e. The number of hydrogen-bond acceptors (Lipinski definition) is 4. The minimum atomic E-state index is -1.06. The molecule has 1 saturated heterocycles.